The molecule has 5 nitrogen and oxygen atoms in total. The summed E-state index contributed by atoms with van der Waals surface area (Å²) in [7, 11) is -3.98. The standard InChI is InChI=1S/C22H23FN2O3S3/c23-20-9-8-17(14-21(20)31(27,28)25-10-2-1-3-11-25)22(26)24(15-18-6-4-12-29-18)16-19-7-5-13-30-19/h4-9,12-14H,1-3,10-11,15-16H2. The van der Waals surface area contributed by atoms with Gasteiger partial charge >= 0.3 is 0 Å². The van der Waals surface area contributed by atoms with Gasteiger partial charge in [-0.1, -0.05) is 18.6 Å². The van der Waals surface area contributed by atoms with Gasteiger partial charge in [-0.15, -0.1) is 22.7 Å². The summed E-state index contributed by atoms with van der Waals surface area (Å²) in [6.07, 6.45) is 2.48. The first-order valence-corrected chi connectivity index (χ1v) is 13.3. The van der Waals surface area contributed by atoms with E-state index in [9.17, 15) is 17.6 Å². The zero-order valence-corrected chi connectivity index (χ0v) is 19.3. The van der Waals surface area contributed by atoms with Crippen molar-refractivity contribution in [2.75, 3.05) is 13.1 Å². The largest absolute Gasteiger partial charge is 0.328 e. The second kappa shape index (κ2) is 9.60. The van der Waals surface area contributed by atoms with Gasteiger partial charge in [0.05, 0.1) is 13.1 Å². The molecular formula is C22H23FN2O3S3. The Balaban J connectivity index is 1.64. The maximum Gasteiger partial charge on any atom is 0.254 e. The molecule has 0 saturated carbocycles. The maximum atomic E-state index is 14.6. The number of carbonyl (C=O) groups is 1. The van der Waals surface area contributed by atoms with Crippen molar-refractivity contribution in [3.63, 3.8) is 0 Å². The van der Waals surface area contributed by atoms with E-state index in [0.717, 1.165) is 35.1 Å². The summed E-state index contributed by atoms with van der Waals surface area (Å²) in [4.78, 5) is 16.7. The van der Waals surface area contributed by atoms with E-state index in [2.05, 4.69) is 0 Å². The van der Waals surface area contributed by atoms with Crippen LogP contribution in [0.4, 0.5) is 4.39 Å². The van der Waals surface area contributed by atoms with E-state index in [0.29, 0.717) is 26.2 Å². The Morgan fingerprint density at radius 1 is 0.968 bits per heavy atom. The molecular weight excluding hydrogens is 455 g/mol. The van der Waals surface area contributed by atoms with Gasteiger partial charge in [-0.2, -0.15) is 4.31 Å². The number of halogens is 1. The summed E-state index contributed by atoms with van der Waals surface area (Å²) in [5, 5.41) is 3.90. The highest BCUT2D eigenvalue weighted by Crippen LogP contribution is 2.26. The fourth-order valence-electron chi connectivity index (χ4n) is 3.64. The third kappa shape index (κ3) is 5.06. The van der Waals surface area contributed by atoms with E-state index in [1.54, 1.807) is 27.6 Å². The van der Waals surface area contributed by atoms with Gasteiger partial charge < -0.3 is 4.90 Å². The van der Waals surface area contributed by atoms with Crippen LogP contribution in [-0.2, 0) is 23.1 Å². The fraction of sp³-hybridized carbons (Fsp3) is 0.318. The quantitative estimate of drug-likeness (QED) is 0.482. The van der Waals surface area contributed by atoms with Gasteiger partial charge in [0.25, 0.3) is 5.91 Å². The molecule has 1 aliphatic rings. The Bertz CT molecular complexity index is 1090. The highest BCUT2D eigenvalue weighted by molar-refractivity contribution is 7.89. The number of sulfonamides is 1. The second-order valence-corrected chi connectivity index (χ2v) is 11.4. The van der Waals surface area contributed by atoms with Crippen molar-refractivity contribution in [1.82, 2.24) is 9.21 Å². The van der Waals surface area contributed by atoms with E-state index in [1.165, 1.54) is 16.4 Å². The molecule has 0 spiro atoms. The lowest BCUT2D eigenvalue weighted by molar-refractivity contribution is 0.0733. The normalized spacial score (nSPS) is 15.1. The van der Waals surface area contributed by atoms with Crippen LogP contribution in [0, 0.1) is 5.82 Å². The number of piperidine rings is 1. The molecule has 2 aromatic heterocycles. The van der Waals surface area contributed by atoms with Crippen LogP contribution >= 0.6 is 22.7 Å². The number of carbonyl (C=O) groups excluding carboxylic acids is 1. The molecule has 3 aromatic rings. The zero-order chi connectivity index (χ0) is 21.8. The molecule has 1 amide bonds. The summed E-state index contributed by atoms with van der Waals surface area (Å²) in [6, 6.07) is 11.4. The summed E-state index contributed by atoms with van der Waals surface area (Å²) in [5.41, 5.74) is 0.171. The van der Waals surface area contributed by atoms with Crippen molar-refractivity contribution in [2.24, 2.45) is 0 Å². The van der Waals surface area contributed by atoms with Gasteiger partial charge in [0.2, 0.25) is 10.0 Å². The monoisotopic (exact) mass is 478 g/mol. The third-order valence-electron chi connectivity index (χ3n) is 5.25. The average Bonchev–Trinajstić information content (AvgIpc) is 3.48. The van der Waals surface area contributed by atoms with E-state index in [4.69, 9.17) is 0 Å². The Kier molecular flexibility index (Phi) is 6.86. The molecule has 9 heteroatoms. The van der Waals surface area contributed by atoms with Crippen molar-refractivity contribution in [1.29, 1.82) is 0 Å². The summed E-state index contributed by atoms with van der Waals surface area (Å²) in [5.74, 6) is -1.15. The predicted molar refractivity (Wildman–Crippen MR) is 121 cm³/mol. The number of thiophene rings is 2. The smallest absolute Gasteiger partial charge is 0.254 e. The van der Waals surface area contributed by atoms with Crippen LogP contribution in [0.2, 0.25) is 0 Å². The highest BCUT2D eigenvalue weighted by Gasteiger charge is 2.30. The molecule has 1 fully saturated rings. The van der Waals surface area contributed by atoms with Gasteiger partial charge in [0.1, 0.15) is 10.7 Å². The molecule has 164 valence electrons. The minimum absolute atomic E-state index is 0.171. The molecule has 0 atom stereocenters. The van der Waals surface area contributed by atoms with Crippen LogP contribution in [0.1, 0.15) is 39.4 Å². The molecule has 1 aliphatic heterocycles. The van der Waals surface area contributed by atoms with Crippen LogP contribution in [-0.4, -0.2) is 36.6 Å². The molecule has 0 bridgehead atoms. The lowest BCUT2D eigenvalue weighted by atomic mass is 10.2. The third-order valence-corrected chi connectivity index (χ3v) is 8.89. The molecule has 31 heavy (non-hydrogen) atoms. The molecule has 4 rings (SSSR count). The van der Waals surface area contributed by atoms with Gasteiger partial charge in [-0.05, 0) is 53.9 Å². The molecule has 0 aliphatic carbocycles. The lowest BCUT2D eigenvalue weighted by Crippen LogP contribution is -2.36. The van der Waals surface area contributed by atoms with Crippen molar-refractivity contribution in [2.45, 2.75) is 37.2 Å². The fourth-order valence-corrected chi connectivity index (χ4v) is 6.69. The lowest BCUT2D eigenvalue weighted by Gasteiger charge is -2.26. The van der Waals surface area contributed by atoms with Crippen LogP contribution in [0.15, 0.2) is 58.1 Å². The summed E-state index contributed by atoms with van der Waals surface area (Å²) < 4.78 is 41.9. The molecule has 0 N–H and O–H groups in total. The van der Waals surface area contributed by atoms with E-state index >= 15 is 0 Å². The SMILES string of the molecule is O=C(c1ccc(F)c(S(=O)(=O)N2CCCCC2)c1)N(Cc1cccs1)Cc1cccs1. The van der Waals surface area contributed by atoms with Crippen molar-refractivity contribution < 1.29 is 17.6 Å². The number of nitrogens with zero attached hydrogens (tertiary/aromatic N) is 2. The Morgan fingerprint density at radius 2 is 1.58 bits per heavy atom. The molecule has 0 radical (unpaired) electrons. The number of hydrogen-bond donors (Lipinski definition) is 0. The zero-order valence-electron chi connectivity index (χ0n) is 16.9. The Labute approximate surface area is 189 Å². The second-order valence-electron chi connectivity index (χ2n) is 7.43. The van der Waals surface area contributed by atoms with Crippen LogP contribution in [0.25, 0.3) is 0 Å². The first-order chi connectivity index (χ1) is 14.9. The van der Waals surface area contributed by atoms with Gasteiger partial charge in [0, 0.05) is 28.4 Å². The van der Waals surface area contributed by atoms with Crippen LogP contribution in [0.5, 0.6) is 0 Å². The first-order valence-electron chi connectivity index (χ1n) is 10.1. The van der Waals surface area contributed by atoms with Gasteiger partial charge in [-0.3, -0.25) is 4.79 Å². The van der Waals surface area contributed by atoms with Crippen molar-refractivity contribution in [3.8, 4) is 0 Å². The number of benzene rings is 1. The predicted octanol–water partition coefficient (Wildman–Crippen LogP) is 4.97. The molecule has 1 saturated heterocycles. The number of amides is 1. The number of rotatable bonds is 7. The van der Waals surface area contributed by atoms with Crippen LogP contribution < -0.4 is 0 Å². The first kappa shape index (κ1) is 22.1. The minimum Gasteiger partial charge on any atom is -0.328 e. The van der Waals surface area contributed by atoms with Gasteiger partial charge in [-0.25, -0.2) is 12.8 Å². The highest BCUT2D eigenvalue weighted by atomic mass is 32.2. The summed E-state index contributed by atoms with van der Waals surface area (Å²) in [6.45, 7) is 1.56. The number of hydrogen-bond acceptors (Lipinski definition) is 5. The van der Waals surface area contributed by atoms with E-state index in [1.807, 2.05) is 35.0 Å². The topological polar surface area (TPSA) is 57.7 Å². The Hall–Kier alpha value is -2.07. The summed E-state index contributed by atoms with van der Waals surface area (Å²) >= 11 is 3.10. The Morgan fingerprint density at radius 3 is 2.13 bits per heavy atom. The molecule has 1 aromatic carbocycles. The molecule has 3 heterocycles. The van der Waals surface area contributed by atoms with E-state index in [-0.39, 0.29) is 11.5 Å². The van der Waals surface area contributed by atoms with Crippen molar-refractivity contribution in [3.05, 3.63) is 74.4 Å². The van der Waals surface area contributed by atoms with Crippen LogP contribution in [0.3, 0.4) is 0 Å². The average molecular weight is 479 g/mol. The van der Waals surface area contributed by atoms with Crippen molar-refractivity contribution >= 4 is 38.6 Å². The maximum absolute atomic E-state index is 14.6. The van der Waals surface area contributed by atoms with Gasteiger partial charge in [0.15, 0.2) is 0 Å². The van der Waals surface area contributed by atoms with E-state index < -0.39 is 20.7 Å². The molecule has 0 unspecified atom stereocenters. The minimum atomic E-state index is -3.98.